The molecule has 4 heteroatoms. The van der Waals surface area contributed by atoms with Crippen molar-refractivity contribution in [3.63, 3.8) is 0 Å². The van der Waals surface area contributed by atoms with E-state index in [2.05, 4.69) is 24.4 Å². The van der Waals surface area contributed by atoms with Crippen LogP contribution in [-0.2, 0) is 11.2 Å². The van der Waals surface area contributed by atoms with E-state index in [-0.39, 0.29) is 5.91 Å². The van der Waals surface area contributed by atoms with E-state index in [1.165, 1.54) is 5.56 Å². The highest BCUT2D eigenvalue weighted by atomic mass is 16.5. The minimum atomic E-state index is 0.0166. The molecule has 0 aliphatic carbocycles. The predicted molar refractivity (Wildman–Crippen MR) is 102 cm³/mol. The molecule has 134 valence electrons. The summed E-state index contributed by atoms with van der Waals surface area (Å²) in [6.45, 7) is 8.63. The maximum atomic E-state index is 12.3. The Morgan fingerprint density at radius 2 is 1.72 bits per heavy atom. The van der Waals surface area contributed by atoms with Gasteiger partial charge in [-0.1, -0.05) is 23.8 Å². The SMILES string of the molecule is CCOc1ccc(CCC(=O)Nc2c(C)cc(C)cc2C)cc1OC. The van der Waals surface area contributed by atoms with E-state index in [1.807, 2.05) is 39.0 Å². The summed E-state index contributed by atoms with van der Waals surface area (Å²) in [4.78, 5) is 12.3. The lowest BCUT2D eigenvalue weighted by molar-refractivity contribution is -0.116. The minimum Gasteiger partial charge on any atom is -0.493 e. The summed E-state index contributed by atoms with van der Waals surface area (Å²) in [6, 6.07) is 9.97. The average Bonchev–Trinajstić information content (AvgIpc) is 2.57. The van der Waals surface area contributed by atoms with E-state index in [0.29, 0.717) is 25.2 Å². The van der Waals surface area contributed by atoms with Crippen molar-refractivity contribution in [1.29, 1.82) is 0 Å². The van der Waals surface area contributed by atoms with Crippen molar-refractivity contribution in [3.05, 3.63) is 52.6 Å². The fourth-order valence-electron chi connectivity index (χ4n) is 2.98. The van der Waals surface area contributed by atoms with Gasteiger partial charge >= 0.3 is 0 Å². The Morgan fingerprint density at radius 3 is 2.32 bits per heavy atom. The number of carbonyl (C=O) groups excluding carboxylic acids is 1. The van der Waals surface area contributed by atoms with Crippen LogP contribution in [0, 0.1) is 20.8 Å². The van der Waals surface area contributed by atoms with Crippen LogP contribution >= 0.6 is 0 Å². The number of hydrogen-bond acceptors (Lipinski definition) is 3. The third-order valence-corrected chi connectivity index (χ3v) is 4.11. The van der Waals surface area contributed by atoms with Crippen molar-refractivity contribution in [2.75, 3.05) is 19.0 Å². The summed E-state index contributed by atoms with van der Waals surface area (Å²) in [7, 11) is 1.62. The molecule has 0 aliphatic rings. The van der Waals surface area contributed by atoms with Gasteiger partial charge in [0.15, 0.2) is 11.5 Å². The first kappa shape index (κ1) is 18.8. The smallest absolute Gasteiger partial charge is 0.224 e. The first-order chi connectivity index (χ1) is 11.9. The van der Waals surface area contributed by atoms with Gasteiger partial charge in [-0.15, -0.1) is 0 Å². The van der Waals surface area contributed by atoms with E-state index < -0.39 is 0 Å². The van der Waals surface area contributed by atoms with Gasteiger partial charge < -0.3 is 14.8 Å². The third kappa shape index (κ3) is 4.99. The zero-order chi connectivity index (χ0) is 18.4. The number of carbonyl (C=O) groups is 1. The fraction of sp³-hybridized carbons (Fsp3) is 0.381. The summed E-state index contributed by atoms with van der Waals surface area (Å²) >= 11 is 0. The van der Waals surface area contributed by atoms with Crippen LogP contribution in [0.2, 0.25) is 0 Å². The minimum absolute atomic E-state index is 0.0166. The lowest BCUT2D eigenvalue weighted by atomic mass is 10.0. The molecule has 0 unspecified atom stereocenters. The highest BCUT2D eigenvalue weighted by Crippen LogP contribution is 2.28. The Bertz CT molecular complexity index is 730. The molecule has 0 radical (unpaired) electrons. The Balaban J connectivity index is 2.01. The largest absolute Gasteiger partial charge is 0.493 e. The highest BCUT2D eigenvalue weighted by molar-refractivity contribution is 5.92. The van der Waals surface area contributed by atoms with Crippen LogP contribution in [0.5, 0.6) is 11.5 Å². The molecular formula is C21H27NO3. The topological polar surface area (TPSA) is 47.6 Å². The molecule has 2 rings (SSSR count). The number of aryl methyl sites for hydroxylation is 4. The maximum Gasteiger partial charge on any atom is 0.224 e. The van der Waals surface area contributed by atoms with Gasteiger partial charge in [0.05, 0.1) is 13.7 Å². The normalized spacial score (nSPS) is 10.4. The maximum absolute atomic E-state index is 12.3. The molecule has 0 aromatic heterocycles. The molecule has 0 atom stereocenters. The Kier molecular flexibility index (Phi) is 6.45. The lowest BCUT2D eigenvalue weighted by Gasteiger charge is -2.13. The molecule has 0 spiro atoms. The number of hydrogen-bond donors (Lipinski definition) is 1. The van der Waals surface area contributed by atoms with Gasteiger partial charge in [-0.3, -0.25) is 4.79 Å². The van der Waals surface area contributed by atoms with Crippen LogP contribution in [0.15, 0.2) is 30.3 Å². The van der Waals surface area contributed by atoms with Crippen LogP contribution in [0.3, 0.4) is 0 Å². The van der Waals surface area contributed by atoms with E-state index in [0.717, 1.165) is 28.1 Å². The second-order valence-electron chi connectivity index (χ2n) is 6.24. The molecule has 2 aromatic rings. The molecule has 0 heterocycles. The molecule has 1 N–H and O–H groups in total. The number of ether oxygens (including phenoxy) is 2. The molecule has 2 aromatic carbocycles. The molecule has 0 aliphatic heterocycles. The van der Waals surface area contributed by atoms with Crippen LogP contribution in [0.4, 0.5) is 5.69 Å². The Labute approximate surface area is 150 Å². The molecule has 0 saturated carbocycles. The van der Waals surface area contributed by atoms with Gasteiger partial charge in [0.1, 0.15) is 0 Å². The van der Waals surface area contributed by atoms with Gasteiger partial charge in [-0.2, -0.15) is 0 Å². The number of amides is 1. The molecule has 0 saturated heterocycles. The number of benzene rings is 2. The van der Waals surface area contributed by atoms with Crippen LogP contribution in [-0.4, -0.2) is 19.6 Å². The monoisotopic (exact) mass is 341 g/mol. The number of anilines is 1. The first-order valence-corrected chi connectivity index (χ1v) is 8.62. The molecule has 0 fully saturated rings. The van der Waals surface area contributed by atoms with Gasteiger partial charge in [-0.25, -0.2) is 0 Å². The summed E-state index contributed by atoms with van der Waals surface area (Å²) < 4.78 is 10.9. The summed E-state index contributed by atoms with van der Waals surface area (Å²) in [5.41, 5.74) is 5.35. The zero-order valence-corrected chi connectivity index (χ0v) is 15.7. The van der Waals surface area contributed by atoms with Crippen LogP contribution in [0.1, 0.15) is 35.6 Å². The molecule has 0 bridgehead atoms. The Hall–Kier alpha value is -2.49. The van der Waals surface area contributed by atoms with Crippen molar-refractivity contribution in [2.24, 2.45) is 0 Å². The van der Waals surface area contributed by atoms with E-state index >= 15 is 0 Å². The van der Waals surface area contributed by atoms with Crippen molar-refractivity contribution < 1.29 is 14.3 Å². The highest BCUT2D eigenvalue weighted by Gasteiger charge is 2.10. The van der Waals surface area contributed by atoms with E-state index in [4.69, 9.17) is 9.47 Å². The van der Waals surface area contributed by atoms with Gasteiger partial charge in [0.2, 0.25) is 5.91 Å². The lowest BCUT2D eigenvalue weighted by Crippen LogP contribution is -2.14. The molecule has 1 amide bonds. The summed E-state index contributed by atoms with van der Waals surface area (Å²) in [5, 5.41) is 3.04. The second-order valence-corrected chi connectivity index (χ2v) is 6.24. The molecular weight excluding hydrogens is 314 g/mol. The second kappa shape index (κ2) is 8.56. The number of rotatable bonds is 7. The van der Waals surface area contributed by atoms with E-state index in [9.17, 15) is 4.79 Å². The average molecular weight is 341 g/mol. The quantitative estimate of drug-likeness (QED) is 0.801. The van der Waals surface area contributed by atoms with Gasteiger partial charge in [-0.05, 0) is 62.9 Å². The summed E-state index contributed by atoms with van der Waals surface area (Å²) in [5.74, 6) is 1.44. The van der Waals surface area contributed by atoms with Crippen molar-refractivity contribution >= 4 is 11.6 Å². The first-order valence-electron chi connectivity index (χ1n) is 8.62. The summed E-state index contributed by atoms with van der Waals surface area (Å²) in [6.07, 6.45) is 1.07. The van der Waals surface area contributed by atoms with Crippen molar-refractivity contribution in [3.8, 4) is 11.5 Å². The fourth-order valence-corrected chi connectivity index (χ4v) is 2.98. The Morgan fingerprint density at radius 1 is 1.04 bits per heavy atom. The van der Waals surface area contributed by atoms with E-state index in [1.54, 1.807) is 7.11 Å². The van der Waals surface area contributed by atoms with Crippen molar-refractivity contribution in [1.82, 2.24) is 0 Å². The standard InChI is InChI=1S/C21H27NO3/c1-6-25-18-9-7-17(13-19(18)24-5)8-10-20(23)22-21-15(3)11-14(2)12-16(21)4/h7,9,11-13H,6,8,10H2,1-5H3,(H,22,23). The van der Waals surface area contributed by atoms with Gasteiger partial charge in [0.25, 0.3) is 0 Å². The van der Waals surface area contributed by atoms with Crippen molar-refractivity contribution in [2.45, 2.75) is 40.5 Å². The molecule has 25 heavy (non-hydrogen) atoms. The van der Waals surface area contributed by atoms with Crippen LogP contribution < -0.4 is 14.8 Å². The predicted octanol–water partition coefficient (Wildman–Crippen LogP) is 4.59. The number of methoxy groups -OCH3 is 1. The third-order valence-electron chi connectivity index (χ3n) is 4.11. The number of nitrogens with one attached hydrogen (secondary N) is 1. The van der Waals surface area contributed by atoms with Gasteiger partial charge in [0, 0.05) is 12.1 Å². The molecule has 4 nitrogen and oxygen atoms in total. The zero-order valence-electron chi connectivity index (χ0n) is 15.7. The van der Waals surface area contributed by atoms with Crippen LogP contribution in [0.25, 0.3) is 0 Å².